The standard InChI is InChI=1S/C19H21NO4/c1-20-4-3-19-9-18(22-2)15(21)7-13(19)14(20)5-11-6-16-17(8-12(11)19)24-10-23-16/h6-9,14-15,21H,3-5,10H2,1-2H3/t14-,15-,19-/m1/s1. The van der Waals surface area contributed by atoms with Crippen LogP contribution in [-0.2, 0) is 16.6 Å². The molecule has 2 heterocycles. The minimum absolute atomic E-state index is 0.212. The molecule has 5 nitrogen and oxygen atoms in total. The van der Waals surface area contributed by atoms with E-state index in [4.69, 9.17) is 14.2 Å². The van der Waals surface area contributed by atoms with Gasteiger partial charge in [-0.25, -0.2) is 0 Å². The van der Waals surface area contributed by atoms with Gasteiger partial charge < -0.3 is 19.3 Å². The maximum atomic E-state index is 10.4. The van der Waals surface area contributed by atoms with Gasteiger partial charge in [0, 0.05) is 11.5 Å². The van der Waals surface area contributed by atoms with Crippen LogP contribution in [0, 0.1) is 0 Å². The SMILES string of the molecule is COC1=C[C@]23CCN(C)[C@H](Cc4cc5c(cc42)OCO5)C3=C[C@H]1O. The van der Waals surface area contributed by atoms with Crippen LogP contribution < -0.4 is 9.47 Å². The van der Waals surface area contributed by atoms with Crippen LogP contribution in [0.2, 0.25) is 0 Å². The zero-order valence-electron chi connectivity index (χ0n) is 13.9. The summed E-state index contributed by atoms with van der Waals surface area (Å²) < 4.78 is 16.7. The molecule has 3 atom stereocenters. The highest BCUT2D eigenvalue weighted by Crippen LogP contribution is 2.54. The molecule has 1 aromatic rings. The molecule has 0 amide bonds. The normalized spacial score (nSPS) is 33.3. The average Bonchev–Trinajstić information content (AvgIpc) is 3.04. The predicted octanol–water partition coefficient (Wildman–Crippen LogP) is 1.74. The second-order valence-electron chi connectivity index (χ2n) is 7.10. The lowest BCUT2D eigenvalue weighted by atomic mass is 9.58. The fourth-order valence-corrected chi connectivity index (χ4v) is 4.77. The molecule has 0 spiro atoms. The van der Waals surface area contributed by atoms with E-state index in [9.17, 15) is 5.11 Å². The maximum Gasteiger partial charge on any atom is 0.231 e. The van der Waals surface area contributed by atoms with Gasteiger partial charge in [0.15, 0.2) is 11.5 Å². The molecule has 2 bridgehead atoms. The lowest BCUT2D eigenvalue weighted by Crippen LogP contribution is -2.54. The fourth-order valence-electron chi connectivity index (χ4n) is 4.77. The molecule has 1 N–H and O–H groups in total. The van der Waals surface area contributed by atoms with E-state index in [0.717, 1.165) is 30.9 Å². The topological polar surface area (TPSA) is 51.2 Å². The number of methoxy groups -OCH3 is 1. The summed E-state index contributed by atoms with van der Waals surface area (Å²) in [6.07, 6.45) is 5.36. The van der Waals surface area contributed by atoms with Crippen molar-refractivity contribution in [2.75, 3.05) is 27.5 Å². The molecule has 5 rings (SSSR count). The Hall–Kier alpha value is -1.98. The molecule has 24 heavy (non-hydrogen) atoms. The summed E-state index contributed by atoms with van der Waals surface area (Å²) in [5.41, 5.74) is 3.65. The zero-order chi connectivity index (χ0) is 16.5. The van der Waals surface area contributed by atoms with Crippen LogP contribution in [0.4, 0.5) is 0 Å². The van der Waals surface area contributed by atoms with Crippen LogP contribution >= 0.6 is 0 Å². The lowest BCUT2D eigenvalue weighted by Gasteiger charge is -2.53. The van der Waals surface area contributed by atoms with Gasteiger partial charge in [-0.15, -0.1) is 0 Å². The van der Waals surface area contributed by atoms with E-state index >= 15 is 0 Å². The van der Waals surface area contributed by atoms with Crippen LogP contribution in [0.15, 0.2) is 35.6 Å². The number of likely N-dealkylation sites (N-methyl/N-ethyl adjacent to an activating group) is 1. The second kappa shape index (κ2) is 4.77. The highest BCUT2D eigenvalue weighted by Gasteiger charge is 2.50. The first kappa shape index (κ1) is 14.4. The summed E-state index contributed by atoms with van der Waals surface area (Å²) >= 11 is 0. The largest absolute Gasteiger partial charge is 0.498 e. The smallest absolute Gasteiger partial charge is 0.231 e. The van der Waals surface area contributed by atoms with E-state index in [1.807, 2.05) is 6.08 Å². The van der Waals surface area contributed by atoms with E-state index < -0.39 is 6.10 Å². The third-order valence-corrected chi connectivity index (χ3v) is 6.01. The quantitative estimate of drug-likeness (QED) is 0.797. The highest BCUT2D eigenvalue weighted by atomic mass is 16.7. The van der Waals surface area contributed by atoms with E-state index in [-0.39, 0.29) is 12.2 Å². The van der Waals surface area contributed by atoms with Crippen molar-refractivity contribution in [2.45, 2.75) is 30.4 Å². The molecule has 1 fully saturated rings. The molecule has 0 saturated carbocycles. The molecule has 0 unspecified atom stereocenters. The van der Waals surface area contributed by atoms with Crippen molar-refractivity contribution in [3.8, 4) is 11.5 Å². The van der Waals surface area contributed by atoms with Crippen molar-refractivity contribution in [3.63, 3.8) is 0 Å². The second-order valence-corrected chi connectivity index (χ2v) is 7.10. The Morgan fingerprint density at radius 1 is 1.29 bits per heavy atom. The van der Waals surface area contributed by atoms with E-state index in [0.29, 0.717) is 11.8 Å². The molecule has 0 radical (unpaired) electrons. The highest BCUT2D eigenvalue weighted by molar-refractivity contribution is 5.61. The first-order valence-corrected chi connectivity index (χ1v) is 8.42. The van der Waals surface area contributed by atoms with Gasteiger partial charge in [0.1, 0.15) is 11.9 Å². The van der Waals surface area contributed by atoms with Gasteiger partial charge in [-0.1, -0.05) is 0 Å². The molecule has 126 valence electrons. The molecule has 0 aromatic heterocycles. The number of piperidine rings is 1. The number of ether oxygens (including phenoxy) is 3. The molecular formula is C19H21NO4. The summed E-state index contributed by atoms with van der Waals surface area (Å²) in [4.78, 5) is 2.38. The number of hydrogen-bond donors (Lipinski definition) is 1. The molecule has 4 aliphatic rings. The van der Waals surface area contributed by atoms with Gasteiger partial charge in [0.25, 0.3) is 0 Å². The summed E-state index contributed by atoms with van der Waals surface area (Å²) in [6, 6.07) is 4.57. The maximum absolute atomic E-state index is 10.4. The average molecular weight is 327 g/mol. The Balaban J connectivity index is 1.77. The van der Waals surface area contributed by atoms with Gasteiger partial charge >= 0.3 is 0 Å². The minimum atomic E-state index is -0.664. The van der Waals surface area contributed by atoms with Crippen molar-refractivity contribution < 1.29 is 19.3 Å². The Morgan fingerprint density at radius 3 is 2.88 bits per heavy atom. The van der Waals surface area contributed by atoms with Crippen molar-refractivity contribution in [3.05, 3.63) is 46.7 Å². The third kappa shape index (κ3) is 1.71. The third-order valence-electron chi connectivity index (χ3n) is 6.01. The summed E-state index contributed by atoms with van der Waals surface area (Å²) in [7, 11) is 3.79. The molecule has 1 aromatic carbocycles. The van der Waals surface area contributed by atoms with Crippen LogP contribution in [0.25, 0.3) is 0 Å². The number of allylic oxidation sites excluding steroid dienone is 1. The van der Waals surface area contributed by atoms with Crippen molar-refractivity contribution >= 4 is 0 Å². The van der Waals surface area contributed by atoms with Crippen LogP contribution in [0.1, 0.15) is 17.5 Å². The van der Waals surface area contributed by atoms with Gasteiger partial charge in [0.05, 0.1) is 7.11 Å². The monoisotopic (exact) mass is 327 g/mol. The number of aliphatic hydroxyl groups is 1. The van der Waals surface area contributed by atoms with E-state index in [1.54, 1.807) is 7.11 Å². The number of nitrogens with zero attached hydrogens (tertiary/aromatic N) is 1. The van der Waals surface area contributed by atoms with Crippen LogP contribution in [0.3, 0.4) is 0 Å². The van der Waals surface area contributed by atoms with Gasteiger partial charge in [-0.3, -0.25) is 4.90 Å². The number of likely N-dealkylation sites (tertiary alicyclic amines) is 1. The molecule has 5 heteroatoms. The predicted molar refractivity (Wildman–Crippen MR) is 88.2 cm³/mol. The van der Waals surface area contributed by atoms with Gasteiger partial charge in [0.2, 0.25) is 6.79 Å². The zero-order valence-corrected chi connectivity index (χ0v) is 13.9. The van der Waals surface area contributed by atoms with E-state index in [2.05, 4.69) is 30.2 Å². The number of aliphatic hydroxyl groups excluding tert-OH is 1. The van der Waals surface area contributed by atoms with E-state index in [1.165, 1.54) is 16.7 Å². The lowest BCUT2D eigenvalue weighted by molar-refractivity contribution is 0.132. The number of fused-ring (bicyclic) bond motifs is 2. The number of rotatable bonds is 1. The van der Waals surface area contributed by atoms with Gasteiger partial charge in [-0.05, 0) is 67.4 Å². The molecule has 1 saturated heterocycles. The van der Waals surface area contributed by atoms with Crippen molar-refractivity contribution in [1.29, 1.82) is 0 Å². The summed E-state index contributed by atoms with van der Waals surface area (Å²) in [6.45, 7) is 1.30. The molecule has 2 aliphatic carbocycles. The fraction of sp³-hybridized carbons (Fsp3) is 0.474. The Bertz CT molecular complexity index is 784. The van der Waals surface area contributed by atoms with Gasteiger partial charge in [-0.2, -0.15) is 0 Å². The summed E-state index contributed by atoms with van der Waals surface area (Å²) in [5.74, 6) is 2.29. The molecule has 2 aliphatic heterocycles. The Morgan fingerprint density at radius 2 is 2.08 bits per heavy atom. The van der Waals surface area contributed by atoms with Crippen LogP contribution in [0.5, 0.6) is 11.5 Å². The number of hydrogen-bond acceptors (Lipinski definition) is 5. The summed E-state index contributed by atoms with van der Waals surface area (Å²) in [5, 5.41) is 10.4. The first-order valence-electron chi connectivity index (χ1n) is 8.42. The Labute approximate surface area is 141 Å². The first-order chi connectivity index (χ1) is 11.6. The van der Waals surface area contributed by atoms with Crippen molar-refractivity contribution in [1.82, 2.24) is 4.90 Å². The Kier molecular flexibility index (Phi) is 2.86. The molecular weight excluding hydrogens is 306 g/mol. The minimum Gasteiger partial charge on any atom is -0.498 e. The number of benzene rings is 1. The van der Waals surface area contributed by atoms with Crippen LogP contribution in [-0.4, -0.2) is 49.6 Å². The van der Waals surface area contributed by atoms with Crippen molar-refractivity contribution in [2.24, 2.45) is 0 Å².